The summed E-state index contributed by atoms with van der Waals surface area (Å²) < 4.78 is 0. The molecule has 1 saturated heterocycles. The van der Waals surface area contributed by atoms with Gasteiger partial charge in [-0.25, -0.2) is 0 Å². The molecular weight excluding hydrogens is 210 g/mol. The smallest absolute Gasteiger partial charge is 0.0414 e. The fraction of sp³-hybridized carbons (Fsp3) is 0.571. The summed E-state index contributed by atoms with van der Waals surface area (Å²) >= 11 is 0. The van der Waals surface area contributed by atoms with E-state index in [-0.39, 0.29) is 0 Å². The molecule has 0 aliphatic carbocycles. The molecule has 1 atom stereocenters. The average molecular weight is 233 g/mol. The van der Waals surface area contributed by atoms with E-state index < -0.39 is 0 Å². The molecule has 1 heterocycles. The van der Waals surface area contributed by atoms with E-state index in [0.717, 1.165) is 13.1 Å². The van der Waals surface area contributed by atoms with Gasteiger partial charge in [-0.3, -0.25) is 0 Å². The Balaban J connectivity index is 2.25. The zero-order valence-corrected chi connectivity index (χ0v) is 10.9. The molecule has 0 spiro atoms. The van der Waals surface area contributed by atoms with Crippen LogP contribution in [0.5, 0.6) is 0 Å². The highest BCUT2D eigenvalue weighted by Gasteiger charge is 2.21. The van der Waals surface area contributed by atoms with Crippen LogP contribution in [0.25, 0.3) is 0 Å². The SMILES string of the molecule is CC1CN(C)CCCN1c1ccccc1CN. The zero-order chi connectivity index (χ0) is 12.3. The maximum absolute atomic E-state index is 5.83. The first kappa shape index (κ1) is 12.4. The molecule has 0 amide bonds. The fourth-order valence-electron chi connectivity index (χ4n) is 2.69. The van der Waals surface area contributed by atoms with Crippen molar-refractivity contribution in [1.82, 2.24) is 4.90 Å². The molecule has 1 aliphatic rings. The van der Waals surface area contributed by atoms with Crippen molar-refractivity contribution in [3.63, 3.8) is 0 Å². The quantitative estimate of drug-likeness (QED) is 0.843. The Morgan fingerprint density at radius 2 is 2.06 bits per heavy atom. The Kier molecular flexibility index (Phi) is 4.02. The molecule has 2 N–H and O–H groups in total. The third-order valence-electron chi connectivity index (χ3n) is 3.57. The predicted molar refractivity (Wildman–Crippen MR) is 73.3 cm³/mol. The van der Waals surface area contributed by atoms with Gasteiger partial charge in [-0.15, -0.1) is 0 Å². The molecule has 94 valence electrons. The molecule has 3 heteroatoms. The normalized spacial score (nSPS) is 22.5. The van der Waals surface area contributed by atoms with Crippen molar-refractivity contribution in [3.8, 4) is 0 Å². The fourth-order valence-corrected chi connectivity index (χ4v) is 2.69. The van der Waals surface area contributed by atoms with Gasteiger partial charge in [-0.1, -0.05) is 18.2 Å². The van der Waals surface area contributed by atoms with Gasteiger partial charge >= 0.3 is 0 Å². The summed E-state index contributed by atoms with van der Waals surface area (Å²) in [4.78, 5) is 4.92. The molecule has 1 fully saturated rings. The Labute approximate surface area is 104 Å². The second kappa shape index (κ2) is 5.52. The van der Waals surface area contributed by atoms with Gasteiger partial charge in [0.25, 0.3) is 0 Å². The lowest BCUT2D eigenvalue weighted by atomic mass is 10.1. The van der Waals surface area contributed by atoms with E-state index in [4.69, 9.17) is 5.73 Å². The number of rotatable bonds is 2. The van der Waals surface area contributed by atoms with Gasteiger partial charge in [-0.2, -0.15) is 0 Å². The van der Waals surface area contributed by atoms with Crippen molar-refractivity contribution in [1.29, 1.82) is 0 Å². The second-order valence-corrected chi connectivity index (χ2v) is 4.99. The first-order valence-corrected chi connectivity index (χ1v) is 6.45. The summed E-state index contributed by atoms with van der Waals surface area (Å²) in [7, 11) is 2.20. The number of nitrogens with zero attached hydrogens (tertiary/aromatic N) is 2. The van der Waals surface area contributed by atoms with Crippen molar-refractivity contribution in [2.75, 3.05) is 31.6 Å². The number of nitrogens with two attached hydrogens (primary N) is 1. The lowest BCUT2D eigenvalue weighted by molar-refractivity contribution is 0.337. The summed E-state index contributed by atoms with van der Waals surface area (Å²) in [6.45, 7) is 6.36. The lowest BCUT2D eigenvalue weighted by Crippen LogP contribution is -2.38. The van der Waals surface area contributed by atoms with Crippen LogP contribution < -0.4 is 10.6 Å². The number of para-hydroxylation sites is 1. The molecule has 2 rings (SSSR count). The molecule has 0 saturated carbocycles. The number of hydrogen-bond donors (Lipinski definition) is 1. The standard InChI is InChI=1S/C14H23N3/c1-12-11-16(2)8-5-9-17(12)14-7-4-3-6-13(14)10-15/h3-4,6-7,12H,5,8-11,15H2,1-2H3. The number of hydrogen-bond acceptors (Lipinski definition) is 3. The highest BCUT2D eigenvalue weighted by molar-refractivity contribution is 5.54. The third-order valence-corrected chi connectivity index (χ3v) is 3.57. The highest BCUT2D eigenvalue weighted by atomic mass is 15.2. The van der Waals surface area contributed by atoms with Gasteiger partial charge in [0.1, 0.15) is 0 Å². The number of anilines is 1. The van der Waals surface area contributed by atoms with Crippen LogP contribution >= 0.6 is 0 Å². The Morgan fingerprint density at radius 1 is 1.29 bits per heavy atom. The van der Waals surface area contributed by atoms with Crippen molar-refractivity contribution in [2.45, 2.75) is 25.9 Å². The summed E-state index contributed by atoms with van der Waals surface area (Å²) in [5, 5.41) is 0. The topological polar surface area (TPSA) is 32.5 Å². The molecule has 1 aromatic rings. The summed E-state index contributed by atoms with van der Waals surface area (Å²) in [6.07, 6.45) is 1.22. The molecule has 1 unspecified atom stereocenters. The van der Waals surface area contributed by atoms with Gasteiger partial charge < -0.3 is 15.5 Å². The molecule has 1 aromatic carbocycles. The van der Waals surface area contributed by atoms with E-state index in [9.17, 15) is 0 Å². The first-order chi connectivity index (χ1) is 8.22. The van der Waals surface area contributed by atoms with Gasteiger partial charge in [-0.05, 0) is 38.6 Å². The van der Waals surface area contributed by atoms with Gasteiger partial charge in [0.15, 0.2) is 0 Å². The van der Waals surface area contributed by atoms with Crippen LogP contribution in [0, 0.1) is 0 Å². The van der Waals surface area contributed by atoms with E-state index in [1.807, 2.05) is 0 Å². The van der Waals surface area contributed by atoms with E-state index in [0.29, 0.717) is 12.6 Å². The Morgan fingerprint density at radius 3 is 2.82 bits per heavy atom. The summed E-state index contributed by atoms with van der Waals surface area (Å²) in [5.41, 5.74) is 8.40. The zero-order valence-electron chi connectivity index (χ0n) is 10.9. The van der Waals surface area contributed by atoms with E-state index in [1.54, 1.807) is 0 Å². The predicted octanol–water partition coefficient (Wildman–Crippen LogP) is 1.68. The van der Waals surface area contributed by atoms with Gasteiger partial charge in [0, 0.05) is 31.4 Å². The third kappa shape index (κ3) is 2.79. The van der Waals surface area contributed by atoms with E-state index in [1.165, 1.54) is 24.2 Å². The van der Waals surface area contributed by atoms with Crippen LogP contribution in [0.15, 0.2) is 24.3 Å². The molecule has 1 aliphatic heterocycles. The molecule has 0 radical (unpaired) electrons. The molecule has 0 aromatic heterocycles. The van der Waals surface area contributed by atoms with Gasteiger partial charge in [0.05, 0.1) is 0 Å². The Bertz CT molecular complexity index is 364. The monoisotopic (exact) mass is 233 g/mol. The minimum atomic E-state index is 0.551. The maximum Gasteiger partial charge on any atom is 0.0414 e. The summed E-state index contributed by atoms with van der Waals surface area (Å²) in [5.74, 6) is 0. The maximum atomic E-state index is 5.83. The van der Waals surface area contributed by atoms with Crippen molar-refractivity contribution in [2.24, 2.45) is 5.73 Å². The largest absolute Gasteiger partial charge is 0.367 e. The minimum absolute atomic E-state index is 0.551. The molecular formula is C14H23N3. The summed E-state index contributed by atoms with van der Waals surface area (Å²) in [6, 6.07) is 9.06. The van der Waals surface area contributed by atoms with Crippen LogP contribution in [-0.4, -0.2) is 37.6 Å². The number of likely N-dealkylation sites (N-methyl/N-ethyl adjacent to an activating group) is 1. The highest BCUT2D eigenvalue weighted by Crippen LogP contribution is 2.24. The molecule has 0 bridgehead atoms. The second-order valence-electron chi connectivity index (χ2n) is 4.99. The van der Waals surface area contributed by atoms with Gasteiger partial charge in [0.2, 0.25) is 0 Å². The number of benzene rings is 1. The lowest BCUT2D eigenvalue weighted by Gasteiger charge is -2.31. The molecule has 17 heavy (non-hydrogen) atoms. The van der Waals surface area contributed by atoms with Crippen LogP contribution in [-0.2, 0) is 6.54 Å². The molecule has 3 nitrogen and oxygen atoms in total. The van der Waals surface area contributed by atoms with E-state index >= 15 is 0 Å². The van der Waals surface area contributed by atoms with Crippen molar-refractivity contribution in [3.05, 3.63) is 29.8 Å². The first-order valence-electron chi connectivity index (χ1n) is 6.45. The van der Waals surface area contributed by atoms with Crippen LogP contribution in [0.3, 0.4) is 0 Å². The average Bonchev–Trinajstić information content (AvgIpc) is 2.50. The van der Waals surface area contributed by atoms with Crippen molar-refractivity contribution < 1.29 is 0 Å². The van der Waals surface area contributed by atoms with Crippen LogP contribution in [0.1, 0.15) is 18.9 Å². The van der Waals surface area contributed by atoms with Crippen LogP contribution in [0.2, 0.25) is 0 Å². The van der Waals surface area contributed by atoms with E-state index in [2.05, 4.69) is 48.0 Å². The van der Waals surface area contributed by atoms with Crippen molar-refractivity contribution >= 4 is 5.69 Å². The minimum Gasteiger partial charge on any atom is -0.367 e. The van der Waals surface area contributed by atoms with Crippen LogP contribution in [0.4, 0.5) is 5.69 Å². The Hall–Kier alpha value is -1.06.